The molecule has 2 aliphatic rings. The van der Waals surface area contributed by atoms with Crippen molar-refractivity contribution in [2.75, 3.05) is 13.1 Å². The van der Waals surface area contributed by atoms with E-state index in [9.17, 15) is 0 Å². The Morgan fingerprint density at radius 1 is 1.16 bits per heavy atom. The molecule has 1 aliphatic heterocycles. The second-order valence-electron chi connectivity index (χ2n) is 7.17. The molecular formula is C17H34N2. The molecule has 0 radical (unpaired) electrons. The van der Waals surface area contributed by atoms with Crippen molar-refractivity contribution in [3.05, 3.63) is 0 Å². The Morgan fingerprint density at radius 2 is 1.79 bits per heavy atom. The molecule has 0 aromatic heterocycles. The molecule has 3 unspecified atom stereocenters. The van der Waals surface area contributed by atoms with Crippen LogP contribution in [-0.4, -0.2) is 35.6 Å². The lowest BCUT2D eigenvalue weighted by Crippen LogP contribution is -2.67. The van der Waals surface area contributed by atoms with Gasteiger partial charge in [0, 0.05) is 30.7 Å². The Morgan fingerprint density at radius 3 is 2.26 bits per heavy atom. The quantitative estimate of drug-likeness (QED) is 0.789. The fraction of sp³-hybridized carbons (Fsp3) is 1.00. The number of nitrogens with one attached hydrogen (secondary N) is 1. The molecule has 1 heterocycles. The first-order valence-electron chi connectivity index (χ1n) is 8.56. The lowest BCUT2D eigenvalue weighted by Gasteiger charge is -2.51. The number of piperazine rings is 1. The summed E-state index contributed by atoms with van der Waals surface area (Å²) in [5, 5.41) is 3.91. The minimum absolute atomic E-state index is 0.381. The van der Waals surface area contributed by atoms with E-state index in [1.165, 1.54) is 45.2 Å². The van der Waals surface area contributed by atoms with Crippen LogP contribution >= 0.6 is 0 Å². The van der Waals surface area contributed by atoms with Crippen LogP contribution in [0.25, 0.3) is 0 Å². The van der Waals surface area contributed by atoms with Crippen LogP contribution in [0.1, 0.15) is 66.7 Å². The summed E-state index contributed by atoms with van der Waals surface area (Å²) in [6.07, 6.45) is 6.76. The molecule has 0 bridgehead atoms. The van der Waals surface area contributed by atoms with Crippen LogP contribution in [-0.2, 0) is 0 Å². The van der Waals surface area contributed by atoms with Crippen molar-refractivity contribution in [3.8, 4) is 0 Å². The Hall–Kier alpha value is -0.0800. The van der Waals surface area contributed by atoms with Gasteiger partial charge in [-0.15, -0.1) is 0 Å². The standard InChI is InChI=1S/C17H34N2/c1-6-13(4)16-11-18-17(5,14-9-10-14)12-19(16)15(7-2)8-3/h13-16,18H,6-12H2,1-5H3. The maximum Gasteiger partial charge on any atom is 0.0309 e. The monoisotopic (exact) mass is 266 g/mol. The molecule has 2 nitrogen and oxygen atoms in total. The average molecular weight is 266 g/mol. The van der Waals surface area contributed by atoms with Gasteiger partial charge in [-0.2, -0.15) is 0 Å². The summed E-state index contributed by atoms with van der Waals surface area (Å²) in [5.41, 5.74) is 0.381. The number of hydrogen-bond donors (Lipinski definition) is 1. The van der Waals surface area contributed by atoms with Crippen LogP contribution in [0.15, 0.2) is 0 Å². The highest BCUT2D eigenvalue weighted by molar-refractivity contribution is 5.05. The van der Waals surface area contributed by atoms with E-state index in [2.05, 4.69) is 44.8 Å². The van der Waals surface area contributed by atoms with Crippen molar-refractivity contribution in [2.45, 2.75) is 84.3 Å². The third-order valence-corrected chi connectivity index (χ3v) is 5.84. The van der Waals surface area contributed by atoms with E-state index < -0.39 is 0 Å². The third-order valence-electron chi connectivity index (χ3n) is 5.84. The number of hydrogen-bond acceptors (Lipinski definition) is 2. The van der Waals surface area contributed by atoms with E-state index in [0.717, 1.165) is 23.9 Å². The molecule has 0 amide bonds. The highest BCUT2D eigenvalue weighted by atomic mass is 15.3. The van der Waals surface area contributed by atoms with Gasteiger partial charge >= 0.3 is 0 Å². The molecule has 1 saturated carbocycles. The van der Waals surface area contributed by atoms with E-state index in [0.29, 0.717) is 5.54 Å². The van der Waals surface area contributed by atoms with Gasteiger partial charge in [-0.1, -0.05) is 34.1 Å². The van der Waals surface area contributed by atoms with Crippen molar-refractivity contribution < 1.29 is 0 Å². The van der Waals surface area contributed by atoms with Gasteiger partial charge in [-0.3, -0.25) is 4.90 Å². The molecule has 2 heteroatoms. The topological polar surface area (TPSA) is 15.3 Å². The lowest BCUT2D eigenvalue weighted by atomic mass is 9.85. The minimum atomic E-state index is 0.381. The maximum atomic E-state index is 3.91. The Bertz CT molecular complexity index is 283. The molecule has 1 saturated heterocycles. The van der Waals surface area contributed by atoms with E-state index in [1.807, 2.05) is 0 Å². The molecule has 0 aromatic carbocycles. The van der Waals surface area contributed by atoms with Crippen LogP contribution < -0.4 is 5.32 Å². The minimum Gasteiger partial charge on any atom is -0.308 e. The zero-order valence-corrected chi connectivity index (χ0v) is 13.7. The summed E-state index contributed by atoms with van der Waals surface area (Å²) < 4.78 is 0. The van der Waals surface area contributed by atoms with Gasteiger partial charge in [0.15, 0.2) is 0 Å². The predicted molar refractivity (Wildman–Crippen MR) is 83.5 cm³/mol. The largest absolute Gasteiger partial charge is 0.308 e. The molecule has 2 fully saturated rings. The van der Waals surface area contributed by atoms with Crippen LogP contribution in [0.2, 0.25) is 0 Å². The molecular weight excluding hydrogens is 232 g/mol. The summed E-state index contributed by atoms with van der Waals surface area (Å²) in [6.45, 7) is 14.4. The van der Waals surface area contributed by atoms with Crippen molar-refractivity contribution in [2.24, 2.45) is 11.8 Å². The van der Waals surface area contributed by atoms with Gasteiger partial charge < -0.3 is 5.32 Å². The van der Waals surface area contributed by atoms with Gasteiger partial charge in [0.05, 0.1) is 0 Å². The van der Waals surface area contributed by atoms with E-state index >= 15 is 0 Å². The molecule has 19 heavy (non-hydrogen) atoms. The first-order valence-corrected chi connectivity index (χ1v) is 8.56. The second kappa shape index (κ2) is 6.13. The van der Waals surface area contributed by atoms with Crippen LogP contribution in [0.5, 0.6) is 0 Å². The zero-order valence-electron chi connectivity index (χ0n) is 13.7. The fourth-order valence-electron chi connectivity index (χ4n) is 3.96. The van der Waals surface area contributed by atoms with Crippen LogP contribution in [0.3, 0.4) is 0 Å². The first kappa shape index (κ1) is 15.3. The number of rotatable bonds is 6. The highest BCUT2D eigenvalue weighted by Gasteiger charge is 2.47. The molecule has 2 rings (SSSR count). The van der Waals surface area contributed by atoms with Gasteiger partial charge in [0.2, 0.25) is 0 Å². The molecule has 0 spiro atoms. The van der Waals surface area contributed by atoms with Crippen molar-refractivity contribution in [3.63, 3.8) is 0 Å². The average Bonchev–Trinajstić information content (AvgIpc) is 3.24. The van der Waals surface area contributed by atoms with Gasteiger partial charge in [-0.05, 0) is 44.4 Å². The fourth-order valence-corrected chi connectivity index (χ4v) is 3.96. The van der Waals surface area contributed by atoms with Crippen molar-refractivity contribution in [1.82, 2.24) is 10.2 Å². The molecule has 112 valence electrons. The lowest BCUT2D eigenvalue weighted by molar-refractivity contribution is 0.0114. The maximum absolute atomic E-state index is 3.91. The first-order chi connectivity index (χ1) is 9.05. The van der Waals surface area contributed by atoms with E-state index in [-0.39, 0.29) is 0 Å². The molecule has 1 aliphatic carbocycles. The number of nitrogens with zero attached hydrogens (tertiary/aromatic N) is 1. The normalized spacial score (nSPS) is 34.7. The second-order valence-corrected chi connectivity index (χ2v) is 7.17. The molecule has 1 N–H and O–H groups in total. The summed E-state index contributed by atoms with van der Waals surface area (Å²) >= 11 is 0. The van der Waals surface area contributed by atoms with Gasteiger partial charge in [0.25, 0.3) is 0 Å². The summed E-state index contributed by atoms with van der Waals surface area (Å²) in [7, 11) is 0. The van der Waals surface area contributed by atoms with E-state index in [4.69, 9.17) is 0 Å². The smallest absolute Gasteiger partial charge is 0.0309 e. The Labute approximate surface area is 120 Å². The van der Waals surface area contributed by atoms with Gasteiger partial charge in [0.1, 0.15) is 0 Å². The van der Waals surface area contributed by atoms with E-state index in [1.54, 1.807) is 0 Å². The highest BCUT2D eigenvalue weighted by Crippen LogP contribution is 2.42. The van der Waals surface area contributed by atoms with Crippen molar-refractivity contribution >= 4 is 0 Å². The SMILES string of the molecule is CCC(C)C1CNC(C)(C2CC2)CN1C(CC)CC. The zero-order chi connectivity index (χ0) is 14.0. The molecule has 3 atom stereocenters. The van der Waals surface area contributed by atoms with Crippen molar-refractivity contribution in [1.29, 1.82) is 0 Å². The van der Waals surface area contributed by atoms with Crippen LogP contribution in [0.4, 0.5) is 0 Å². The Balaban J connectivity index is 2.12. The van der Waals surface area contributed by atoms with Crippen LogP contribution in [0, 0.1) is 11.8 Å². The Kier molecular flexibility index (Phi) is 4.94. The third kappa shape index (κ3) is 3.16. The molecule has 0 aromatic rings. The summed E-state index contributed by atoms with van der Waals surface area (Å²) in [4.78, 5) is 2.86. The summed E-state index contributed by atoms with van der Waals surface area (Å²) in [6, 6.07) is 1.51. The predicted octanol–water partition coefficient (Wildman–Crippen LogP) is 3.66. The van der Waals surface area contributed by atoms with Gasteiger partial charge in [-0.25, -0.2) is 0 Å². The summed E-state index contributed by atoms with van der Waals surface area (Å²) in [5.74, 6) is 1.74.